The van der Waals surface area contributed by atoms with Crippen LogP contribution in [0.2, 0.25) is 0 Å². The minimum absolute atomic E-state index is 0.0198. The van der Waals surface area contributed by atoms with Crippen LogP contribution in [0.5, 0.6) is 5.75 Å². The molecule has 1 atom stereocenters. The Labute approximate surface area is 203 Å². The van der Waals surface area contributed by atoms with Gasteiger partial charge in [-0.05, 0) is 42.8 Å². The molecule has 3 heterocycles. The summed E-state index contributed by atoms with van der Waals surface area (Å²) in [6.07, 6.45) is 1.58. The fourth-order valence-corrected chi connectivity index (χ4v) is 4.91. The highest BCUT2D eigenvalue weighted by Gasteiger charge is 2.32. The van der Waals surface area contributed by atoms with Gasteiger partial charge in [-0.15, -0.1) is 0 Å². The second-order valence-corrected chi connectivity index (χ2v) is 8.84. The number of furan rings is 1. The molecule has 7 heteroatoms. The molecule has 35 heavy (non-hydrogen) atoms. The molecule has 0 aliphatic carbocycles. The van der Waals surface area contributed by atoms with Crippen LogP contribution in [0.4, 0.5) is 10.1 Å². The first-order valence-electron chi connectivity index (χ1n) is 11.8. The molecule has 4 aromatic rings. The van der Waals surface area contributed by atoms with E-state index in [1.807, 2.05) is 47.4 Å². The summed E-state index contributed by atoms with van der Waals surface area (Å²) in [5.74, 6) is 0.410. The summed E-state index contributed by atoms with van der Waals surface area (Å²) in [7, 11) is 0. The Morgan fingerprint density at radius 1 is 0.971 bits per heavy atom. The fraction of sp³-hybridized carbons (Fsp3) is 0.250. The van der Waals surface area contributed by atoms with Crippen molar-refractivity contribution in [2.75, 3.05) is 31.1 Å². The minimum atomic E-state index is -0.435. The Bertz CT molecular complexity index is 1340. The second kappa shape index (κ2) is 9.80. The number of aromatic nitrogens is 1. The number of hydrogen-bond donors (Lipinski definition) is 1. The Morgan fingerprint density at radius 3 is 2.37 bits per heavy atom. The smallest absolute Gasteiger partial charge is 0.260 e. The van der Waals surface area contributed by atoms with E-state index < -0.39 is 6.04 Å². The summed E-state index contributed by atoms with van der Waals surface area (Å²) in [4.78, 5) is 18.0. The molecule has 0 amide bonds. The van der Waals surface area contributed by atoms with E-state index in [1.54, 1.807) is 42.0 Å². The van der Waals surface area contributed by atoms with Gasteiger partial charge in [0.1, 0.15) is 17.3 Å². The number of piperazine rings is 1. The van der Waals surface area contributed by atoms with Gasteiger partial charge in [-0.3, -0.25) is 9.69 Å². The van der Waals surface area contributed by atoms with Crippen LogP contribution in [-0.2, 0) is 6.54 Å². The van der Waals surface area contributed by atoms with E-state index in [0.29, 0.717) is 48.9 Å². The van der Waals surface area contributed by atoms with E-state index in [-0.39, 0.29) is 23.7 Å². The number of aromatic hydroxyl groups is 1. The predicted molar refractivity (Wildman–Crippen MR) is 133 cm³/mol. The molecule has 5 rings (SSSR count). The molecule has 180 valence electrons. The van der Waals surface area contributed by atoms with Crippen LogP contribution in [-0.4, -0.2) is 40.8 Å². The monoisotopic (exact) mass is 473 g/mol. The highest BCUT2D eigenvalue weighted by Crippen LogP contribution is 2.34. The maximum atomic E-state index is 14.4. The van der Waals surface area contributed by atoms with Gasteiger partial charge in [0.05, 0.1) is 30.1 Å². The number of aryl methyl sites for hydroxylation is 1. The highest BCUT2D eigenvalue weighted by atomic mass is 19.1. The molecular weight excluding hydrogens is 445 g/mol. The predicted octanol–water partition coefficient (Wildman–Crippen LogP) is 4.55. The van der Waals surface area contributed by atoms with Crippen molar-refractivity contribution in [3.05, 3.63) is 118 Å². The minimum Gasteiger partial charge on any atom is -0.507 e. The van der Waals surface area contributed by atoms with Crippen molar-refractivity contribution in [1.29, 1.82) is 0 Å². The number of rotatable bonds is 6. The van der Waals surface area contributed by atoms with Crippen LogP contribution in [0.15, 0.2) is 88.3 Å². The van der Waals surface area contributed by atoms with Gasteiger partial charge in [0.25, 0.3) is 5.56 Å². The molecule has 2 aromatic heterocycles. The third-order valence-corrected chi connectivity index (χ3v) is 6.68. The van der Waals surface area contributed by atoms with Gasteiger partial charge in [-0.25, -0.2) is 4.39 Å². The molecule has 0 saturated carbocycles. The Morgan fingerprint density at radius 2 is 1.69 bits per heavy atom. The maximum absolute atomic E-state index is 14.4. The summed E-state index contributed by atoms with van der Waals surface area (Å²) in [5.41, 5.74) is 2.26. The topological polar surface area (TPSA) is 61.9 Å². The quantitative estimate of drug-likeness (QED) is 0.445. The highest BCUT2D eigenvalue weighted by molar-refractivity contribution is 5.48. The van der Waals surface area contributed by atoms with E-state index in [1.165, 1.54) is 6.07 Å². The number of nitrogens with zero attached hydrogens (tertiary/aromatic N) is 3. The van der Waals surface area contributed by atoms with E-state index in [2.05, 4.69) is 4.90 Å². The normalized spacial score (nSPS) is 15.3. The molecule has 0 spiro atoms. The number of hydrogen-bond acceptors (Lipinski definition) is 5. The zero-order valence-electron chi connectivity index (χ0n) is 19.6. The van der Waals surface area contributed by atoms with Crippen molar-refractivity contribution in [1.82, 2.24) is 9.47 Å². The lowest BCUT2D eigenvalue weighted by Crippen LogP contribution is -2.49. The van der Waals surface area contributed by atoms with E-state index >= 15 is 0 Å². The summed E-state index contributed by atoms with van der Waals surface area (Å²) >= 11 is 0. The first kappa shape index (κ1) is 22.9. The average Bonchev–Trinajstić information content (AvgIpc) is 3.39. The van der Waals surface area contributed by atoms with Crippen LogP contribution in [0.3, 0.4) is 0 Å². The lowest BCUT2D eigenvalue weighted by Gasteiger charge is -2.40. The SMILES string of the molecule is Cc1cc(O)c([C@H](c2ccccc2)N2CCN(c3ccccc3F)CC2)c(=O)n1Cc1ccco1. The van der Waals surface area contributed by atoms with E-state index in [4.69, 9.17) is 4.42 Å². The van der Waals surface area contributed by atoms with E-state index in [0.717, 1.165) is 5.56 Å². The number of halogens is 1. The van der Waals surface area contributed by atoms with Crippen LogP contribution in [0.1, 0.15) is 28.6 Å². The Balaban J connectivity index is 1.52. The molecule has 1 N–H and O–H groups in total. The molecule has 0 radical (unpaired) electrons. The number of pyridine rings is 1. The molecule has 0 unspecified atom stereocenters. The average molecular weight is 474 g/mol. The van der Waals surface area contributed by atoms with Crippen LogP contribution in [0.25, 0.3) is 0 Å². The van der Waals surface area contributed by atoms with Crippen molar-refractivity contribution in [3.8, 4) is 5.75 Å². The lowest BCUT2D eigenvalue weighted by atomic mass is 9.96. The first-order chi connectivity index (χ1) is 17.0. The molecule has 1 aliphatic rings. The molecular formula is C28H28FN3O3. The van der Waals surface area contributed by atoms with Crippen LogP contribution in [0, 0.1) is 12.7 Å². The van der Waals surface area contributed by atoms with Crippen molar-refractivity contribution in [3.63, 3.8) is 0 Å². The van der Waals surface area contributed by atoms with Gasteiger partial charge >= 0.3 is 0 Å². The Kier molecular flexibility index (Phi) is 6.42. The largest absolute Gasteiger partial charge is 0.507 e. The number of benzene rings is 2. The number of anilines is 1. The molecule has 1 aliphatic heterocycles. The van der Waals surface area contributed by atoms with Crippen LogP contribution >= 0.6 is 0 Å². The fourth-order valence-electron chi connectivity index (χ4n) is 4.91. The second-order valence-electron chi connectivity index (χ2n) is 8.84. The van der Waals surface area contributed by atoms with Crippen molar-refractivity contribution >= 4 is 5.69 Å². The molecule has 1 saturated heterocycles. The first-order valence-corrected chi connectivity index (χ1v) is 11.8. The van der Waals surface area contributed by atoms with Crippen molar-refractivity contribution in [2.24, 2.45) is 0 Å². The summed E-state index contributed by atoms with van der Waals surface area (Å²) < 4.78 is 21.5. The van der Waals surface area contributed by atoms with Gasteiger partial charge in [-0.2, -0.15) is 0 Å². The zero-order valence-corrected chi connectivity index (χ0v) is 19.6. The standard InChI is InChI=1S/C28H28FN3O3/c1-20-18-25(33)26(28(34)32(20)19-22-10-7-17-35-22)27(21-8-3-2-4-9-21)31-15-13-30(14-16-31)24-12-6-5-11-23(24)29/h2-12,17-18,27,33H,13-16,19H2,1H3/t27-/m0/s1. The van der Waals surface area contributed by atoms with Crippen molar-refractivity contribution in [2.45, 2.75) is 19.5 Å². The van der Waals surface area contributed by atoms with Gasteiger partial charge in [-0.1, -0.05) is 42.5 Å². The summed E-state index contributed by atoms with van der Waals surface area (Å²) in [6.45, 7) is 4.53. The van der Waals surface area contributed by atoms with Gasteiger partial charge in [0, 0.05) is 31.9 Å². The molecule has 2 aromatic carbocycles. The van der Waals surface area contributed by atoms with Crippen molar-refractivity contribution < 1.29 is 13.9 Å². The van der Waals surface area contributed by atoms with E-state index in [9.17, 15) is 14.3 Å². The third kappa shape index (κ3) is 4.59. The van der Waals surface area contributed by atoms with Crippen LogP contribution < -0.4 is 10.5 Å². The van der Waals surface area contributed by atoms with Gasteiger partial charge < -0.3 is 19.0 Å². The van der Waals surface area contributed by atoms with Gasteiger partial charge in [0.2, 0.25) is 0 Å². The number of para-hydroxylation sites is 1. The molecule has 1 fully saturated rings. The summed E-state index contributed by atoms with van der Waals surface area (Å²) in [5, 5.41) is 11.0. The van der Waals surface area contributed by atoms with Gasteiger partial charge in [0.15, 0.2) is 0 Å². The lowest BCUT2D eigenvalue weighted by molar-refractivity contribution is 0.207. The summed E-state index contributed by atoms with van der Waals surface area (Å²) in [6, 6.07) is 21.4. The maximum Gasteiger partial charge on any atom is 0.260 e. The third-order valence-electron chi connectivity index (χ3n) is 6.68. The Hall–Kier alpha value is -3.84. The molecule has 6 nitrogen and oxygen atoms in total. The molecule has 0 bridgehead atoms. The zero-order chi connectivity index (χ0) is 24.4.